The molecule has 0 unspecified atom stereocenters. The third-order valence-electron chi connectivity index (χ3n) is 4.21. The van der Waals surface area contributed by atoms with E-state index in [-0.39, 0.29) is 0 Å². The number of rotatable bonds is 4. The van der Waals surface area contributed by atoms with Crippen molar-refractivity contribution in [3.63, 3.8) is 0 Å². The summed E-state index contributed by atoms with van der Waals surface area (Å²) < 4.78 is 0. The van der Waals surface area contributed by atoms with Gasteiger partial charge in [0, 0.05) is 32.7 Å². The summed E-state index contributed by atoms with van der Waals surface area (Å²) in [6, 6.07) is 18.9. The van der Waals surface area contributed by atoms with Crippen molar-refractivity contribution in [2.75, 3.05) is 43.4 Å². The van der Waals surface area contributed by atoms with Gasteiger partial charge in [-0.25, -0.2) is 0 Å². The minimum Gasteiger partial charge on any atom is -0.397 e. The van der Waals surface area contributed by atoms with Crippen LogP contribution in [0.25, 0.3) is 0 Å². The van der Waals surface area contributed by atoms with E-state index in [0.717, 1.165) is 44.8 Å². The molecule has 21 heavy (non-hydrogen) atoms. The van der Waals surface area contributed by atoms with Gasteiger partial charge in [-0.05, 0) is 24.1 Å². The number of benzene rings is 2. The van der Waals surface area contributed by atoms with Gasteiger partial charge in [0.25, 0.3) is 0 Å². The Morgan fingerprint density at radius 1 is 0.810 bits per heavy atom. The van der Waals surface area contributed by atoms with E-state index in [1.165, 1.54) is 11.3 Å². The fourth-order valence-corrected chi connectivity index (χ4v) is 2.92. The summed E-state index contributed by atoms with van der Waals surface area (Å²) in [5, 5.41) is 0. The van der Waals surface area contributed by atoms with Gasteiger partial charge in [-0.3, -0.25) is 4.90 Å². The van der Waals surface area contributed by atoms with E-state index in [0.29, 0.717) is 0 Å². The molecule has 3 heteroatoms. The third-order valence-corrected chi connectivity index (χ3v) is 4.21. The van der Waals surface area contributed by atoms with Crippen molar-refractivity contribution in [3.05, 3.63) is 60.2 Å². The molecular weight excluding hydrogens is 258 g/mol. The highest BCUT2D eigenvalue weighted by molar-refractivity contribution is 5.67. The zero-order valence-corrected chi connectivity index (χ0v) is 12.4. The highest BCUT2D eigenvalue weighted by atomic mass is 15.3. The van der Waals surface area contributed by atoms with Crippen LogP contribution in [0.15, 0.2) is 54.6 Å². The van der Waals surface area contributed by atoms with E-state index in [4.69, 9.17) is 5.73 Å². The average Bonchev–Trinajstić information content (AvgIpc) is 2.55. The number of nitrogens with zero attached hydrogens (tertiary/aromatic N) is 2. The number of anilines is 2. The summed E-state index contributed by atoms with van der Waals surface area (Å²) in [5.74, 6) is 0. The molecule has 2 aromatic rings. The molecular formula is C18H23N3. The lowest BCUT2D eigenvalue weighted by Crippen LogP contribution is -2.47. The van der Waals surface area contributed by atoms with Crippen LogP contribution in [0.5, 0.6) is 0 Å². The summed E-state index contributed by atoms with van der Waals surface area (Å²) in [6.07, 6.45) is 1.13. The van der Waals surface area contributed by atoms with Crippen LogP contribution in [0.4, 0.5) is 11.4 Å². The quantitative estimate of drug-likeness (QED) is 0.875. The normalized spacial score (nSPS) is 16.1. The van der Waals surface area contributed by atoms with Crippen molar-refractivity contribution in [2.24, 2.45) is 0 Å². The highest BCUT2D eigenvalue weighted by Crippen LogP contribution is 2.23. The van der Waals surface area contributed by atoms with Crippen LogP contribution in [-0.2, 0) is 6.42 Å². The summed E-state index contributed by atoms with van der Waals surface area (Å²) in [7, 11) is 0. The Labute approximate surface area is 127 Å². The van der Waals surface area contributed by atoms with Gasteiger partial charge in [0.05, 0.1) is 11.4 Å². The molecule has 3 nitrogen and oxygen atoms in total. The monoisotopic (exact) mass is 281 g/mol. The first-order chi connectivity index (χ1) is 10.3. The van der Waals surface area contributed by atoms with Crippen molar-refractivity contribution < 1.29 is 0 Å². The second-order valence-electron chi connectivity index (χ2n) is 5.62. The van der Waals surface area contributed by atoms with E-state index in [9.17, 15) is 0 Å². The maximum atomic E-state index is 6.07. The van der Waals surface area contributed by atoms with Crippen LogP contribution in [0.2, 0.25) is 0 Å². The molecule has 0 aliphatic carbocycles. The van der Waals surface area contributed by atoms with E-state index in [2.05, 4.69) is 52.3 Å². The molecule has 110 valence electrons. The number of hydrogen-bond acceptors (Lipinski definition) is 3. The van der Waals surface area contributed by atoms with Crippen LogP contribution in [-0.4, -0.2) is 37.6 Å². The van der Waals surface area contributed by atoms with Gasteiger partial charge in [0.15, 0.2) is 0 Å². The lowest BCUT2D eigenvalue weighted by molar-refractivity contribution is 0.261. The molecule has 2 N–H and O–H groups in total. The van der Waals surface area contributed by atoms with Crippen molar-refractivity contribution in [3.8, 4) is 0 Å². The van der Waals surface area contributed by atoms with Crippen molar-refractivity contribution in [1.29, 1.82) is 0 Å². The fraction of sp³-hybridized carbons (Fsp3) is 0.333. The van der Waals surface area contributed by atoms with Crippen molar-refractivity contribution in [1.82, 2.24) is 4.90 Å². The molecule has 0 radical (unpaired) electrons. The van der Waals surface area contributed by atoms with E-state index in [1.807, 2.05) is 12.1 Å². The van der Waals surface area contributed by atoms with Crippen LogP contribution in [0, 0.1) is 0 Å². The highest BCUT2D eigenvalue weighted by Gasteiger charge is 2.18. The predicted octanol–water partition coefficient (Wildman–Crippen LogP) is 2.63. The second-order valence-corrected chi connectivity index (χ2v) is 5.62. The van der Waals surface area contributed by atoms with E-state index >= 15 is 0 Å². The van der Waals surface area contributed by atoms with E-state index < -0.39 is 0 Å². The van der Waals surface area contributed by atoms with Gasteiger partial charge < -0.3 is 10.6 Å². The molecule has 0 aromatic heterocycles. The van der Waals surface area contributed by atoms with Crippen LogP contribution < -0.4 is 10.6 Å². The molecule has 2 aromatic carbocycles. The van der Waals surface area contributed by atoms with Gasteiger partial charge in [-0.15, -0.1) is 0 Å². The van der Waals surface area contributed by atoms with Gasteiger partial charge in [0.1, 0.15) is 0 Å². The first-order valence-corrected chi connectivity index (χ1v) is 7.69. The van der Waals surface area contributed by atoms with Gasteiger partial charge in [0.2, 0.25) is 0 Å². The van der Waals surface area contributed by atoms with Gasteiger partial charge in [-0.1, -0.05) is 42.5 Å². The van der Waals surface area contributed by atoms with Gasteiger partial charge >= 0.3 is 0 Å². The predicted molar refractivity (Wildman–Crippen MR) is 89.7 cm³/mol. The smallest absolute Gasteiger partial charge is 0.0600 e. The van der Waals surface area contributed by atoms with E-state index in [1.54, 1.807) is 0 Å². The Hall–Kier alpha value is -2.00. The summed E-state index contributed by atoms with van der Waals surface area (Å²) >= 11 is 0. The van der Waals surface area contributed by atoms with Gasteiger partial charge in [-0.2, -0.15) is 0 Å². The average molecular weight is 281 g/mol. The van der Waals surface area contributed by atoms with Crippen LogP contribution in [0.3, 0.4) is 0 Å². The number of piperazine rings is 1. The number of hydrogen-bond donors (Lipinski definition) is 1. The molecule has 0 amide bonds. The van der Waals surface area contributed by atoms with Crippen LogP contribution >= 0.6 is 0 Å². The largest absolute Gasteiger partial charge is 0.397 e. The maximum absolute atomic E-state index is 6.07. The summed E-state index contributed by atoms with van der Waals surface area (Å²) in [5.41, 5.74) is 9.55. The molecule has 0 bridgehead atoms. The molecule has 1 heterocycles. The first kappa shape index (κ1) is 14.0. The maximum Gasteiger partial charge on any atom is 0.0600 e. The molecule has 0 atom stereocenters. The standard InChI is InChI=1S/C18H23N3/c19-17-8-4-5-9-18(17)21-14-12-20(13-15-21)11-10-16-6-2-1-3-7-16/h1-9H,10-15,19H2. The Kier molecular flexibility index (Phi) is 4.41. The molecule has 1 fully saturated rings. The van der Waals surface area contributed by atoms with Crippen molar-refractivity contribution in [2.45, 2.75) is 6.42 Å². The number of nitrogen functional groups attached to an aromatic ring is 1. The molecule has 0 spiro atoms. The fourth-order valence-electron chi connectivity index (χ4n) is 2.92. The Morgan fingerprint density at radius 2 is 1.48 bits per heavy atom. The lowest BCUT2D eigenvalue weighted by atomic mass is 10.1. The lowest BCUT2D eigenvalue weighted by Gasteiger charge is -2.36. The number of nitrogens with two attached hydrogens (primary N) is 1. The molecule has 1 aliphatic heterocycles. The first-order valence-electron chi connectivity index (χ1n) is 7.69. The zero-order valence-electron chi connectivity index (χ0n) is 12.4. The third kappa shape index (κ3) is 3.56. The summed E-state index contributed by atoms with van der Waals surface area (Å²) in [6.45, 7) is 5.48. The summed E-state index contributed by atoms with van der Waals surface area (Å²) in [4.78, 5) is 4.94. The Bertz CT molecular complexity index is 560. The SMILES string of the molecule is Nc1ccccc1N1CCN(CCc2ccccc2)CC1. The van der Waals surface area contributed by atoms with Crippen molar-refractivity contribution >= 4 is 11.4 Å². The van der Waals surface area contributed by atoms with Crippen LogP contribution in [0.1, 0.15) is 5.56 Å². The Balaban J connectivity index is 1.50. The molecule has 1 aliphatic rings. The minimum atomic E-state index is 0.884. The molecule has 1 saturated heterocycles. The zero-order chi connectivity index (χ0) is 14.5. The molecule has 3 rings (SSSR count). The molecule has 0 saturated carbocycles. The topological polar surface area (TPSA) is 32.5 Å². The Morgan fingerprint density at radius 3 is 2.19 bits per heavy atom. The minimum absolute atomic E-state index is 0.884. The number of para-hydroxylation sites is 2. The second kappa shape index (κ2) is 6.64.